The van der Waals surface area contributed by atoms with E-state index in [2.05, 4.69) is 41.1 Å². The monoisotopic (exact) mass is 317 g/mol. The summed E-state index contributed by atoms with van der Waals surface area (Å²) in [7, 11) is 0. The molecule has 0 aliphatic carbocycles. The molecule has 2 fully saturated rings. The molecule has 2 heterocycles. The van der Waals surface area contributed by atoms with Crippen molar-refractivity contribution in [2.24, 2.45) is 0 Å². The number of piperazine rings is 1. The molecule has 0 saturated carbocycles. The van der Waals surface area contributed by atoms with E-state index in [4.69, 9.17) is 4.74 Å². The molecule has 1 N–H and O–H groups in total. The first-order valence-corrected chi connectivity index (χ1v) is 8.68. The van der Waals surface area contributed by atoms with Crippen LogP contribution < -0.4 is 10.2 Å². The van der Waals surface area contributed by atoms with Gasteiger partial charge in [-0.05, 0) is 50.1 Å². The molecule has 2 aliphatic heterocycles. The molecule has 5 heteroatoms. The Bertz CT molecular complexity index is 547. The summed E-state index contributed by atoms with van der Waals surface area (Å²) in [5, 5.41) is 3.01. The summed E-state index contributed by atoms with van der Waals surface area (Å²) in [5.41, 5.74) is 3.24. The van der Waals surface area contributed by atoms with Gasteiger partial charge in [0.05, 0.1) is 0 Å². The highest BCUT2D eigenvalue weighted by Crippen LogP contribution is 2.24. The van der Waals surface area contributed by atoms with E-state index in [0.717, 1.165) is 56.8 Å². The number of hydrogen-bond acceptors (Lipinski definition) is 4. The summed E-state index contributed by atoms with van der Waals surface area (Å²) >= 11 is 0. The Morgan fingerprint density at radius 1 is 1.30 bits per heavy atom. The Morgan fingerprint density at radius 3 is 2.70 bits per heavy atom. The van der Waals surface area contributed by atoms with E-state index in [9.17, 15) is 4.79 Å². The van der Waals surface area contributed by atoms with Crippen LogP contribution in [0.15, 0.2) is 18.2 Å². The fourth-order valence-corrected chi connectivity index (χ4v) is 3.30. The van der Waals surface area contributed by atoms with Gasteiger partial charge < -0.3 is 19.9 Å². The molecule has 0 radical (unpaired) electrons. The minimum atomic E-state index is -0.281. The maximum Gasteiger partial charge on any atom is 0.253 e. The highest BCUT2D eigenvalue weighted by atomic mass is 16.5. The Hall–Kier alpha value is -1.59. The largest absolute Gasteiger partial charge is 0.369 e. The van der Waals surface area contributed by atoms with Crippen molar-refractivity contribution in [3.05, 3.63) is 23.8 Å². The second-order valence-corrected chi connectivity index (χ2v) is 6.41. The van der Waals surface area contributed by atoms with Crippen LogP contribution in [0.4, 0.5) is 11.4 Å². The van der Waals surface area contributed by atoms with E-state index >= 15 is 0 Å². The molecule has 1 aromatic rings. The number of amides is 1. The van der Waals surface area contributed by atoms with Gasteiger partial charge in [0.15, 0.2) is 0 Å². The predicted octanol–water partition coefficient (Wildman–Crippen LogP) is 2.25. The van der Waals surface area contributed by atoms with Crippen LogP contribution >= 0.6 is 0 Å². The van der Waals surface area contributed by atoms with Crippen LogP contribution in [0.3, 0.4) is 0 Å². The van der Waals surface area contributed by atoms with Gasteiger partial charge in [-0.15, -0.1) is 0 Å². The number of benzene rings is 1. The molecule has 0 spiro atoms. The SMILES string of the molecule is CCN1CCN(c2ccc(NC(=O)[C@@H]3CCCO3)c(C)c2)CC1. The van der Waals surface area contributed by atoms with E-state index in [1.807, 2.05) is 6.07 Å². The molecule has 0 unspecified atom stereocenters. The highest BCUT2D eigenvalue weighted by Gasteiger charge is 2.24. The number of anilines is 2. The maximum atomic E-state index is 12.2. The topological polar surface area (TPSA) is 44.8 Å². The van der Waals surface area contributed by atoms with Crippen molar-refractivity contribution < 1.29 is 9.53 Å². The standard InChI is InChI=1S/C18H27N3O2/c1-3-20-8-10-21(11-9-20)15-6-7-16(14(2)13-15)19-18(22)17-5-4-12-23-17/h6-7,13,17H,3-5,8-12H2,1-2H3,(H,19,22)/t17-/m0/s1. The Kier molecular flexibility index (Phi) is 5.18. The third kappa shape index (κ3) is 3.85. The molecule has 3 rings (SSSR count). The van der Waals surface area contributed by atoms with Gasteiger partial charge in [-0.3, -0.25) is 4.79 Å². The molecule has 0 aromatic heterocycles. The summed E-state index contributed by atoms with van der Waals surface area (Å²) in [4.78, 5) is 17.1. The van der Waals surface area contributed by atoms with Gasteiger partial charge in [-0.25, -0.2) is 0 Å². The van der Waals surface area contributed by atoms with Gasteiger partial charge in [0.1, 0.15) is 6.10 Å². The number of nitrogens with one attached hydrogen (secondary N) is 1. The number of aryl methyl sites for hydroxylation is 1. The third-order valence-corrected chi connectivity index (χ3v) is 4.87. The van der Waals surface area contributed by atoms with E-state index in [-0.39, 0.29) is 12.0 Å². The van der Waals surface area contributed by atoms with E-state index < -0.39 is 0 Å². The first-order valence-electron chi connectivity index (χ1n) is 8.68. The van der Waals surface area contributed by atoms with Gasteiger partial charge in [0.25, 0.3) is 5.91 Å². The fraction of sp³-hybridized carbons (Fsp3) is 0.611. The molecule has 23 heavy (non-hydrogen) atoms. The van der Waals surface area contributed by atoms with Crippen LogP contribution in [0.1, 0.15) is 25.3 Å². The van der Waals surface area contributed by atoms with Crippen molar-refractivity contribution in [2.45, 2.75) is 32.8 Å². The Balaban J connectivity index is 1.62. The van der Waals surface area contributed by atoms with Crippen LogP contribution in [0, 0.1) is 6.92 Å². The molecule has 2 saturated heterocycles. The Morgan fingerprint density at radius 2 is 2.09 bits per heavy atom. The molecule has 126 valence electrons. The first-order chi connectivity index (χ1) is 11.2. The quantitative estimate of drug-likeness (QED) is 0.925. The fourth-order valence-electron chi connectivity index (χ4n) is 3.30. The van der Waals surface area contributed by atoms with Crippen molar-refractivity contribution in [1.29, 1.82) is 0 Å². The number of likely N-dealkylation sites (N-methyl/N-ethyl adjacent to an activating group) is 1. The Labute approximate surface area is 138 Å². The minimum absolute atomic E-state index is 0.0186. The smallest absolute Gasteiger partial charge is 0.253 e. The summed E-state index contributed by atoms with van der Waals surface area (Å²) in [5.74, 6) is -0.0186. The molecular weight excluding hydrogens is 290 g/mol. The van der Waals surface area contributed by atoms with E-state index in [1.54, 1.807) is 0 Å². The van der Waals surface area contributed by atoms with Crippen LogP contribution in [-0.2, 0) is 9.53 Å². The lowest BCUT2D eigenvalue weighted by molar-refractivity contribution is -0.124. The first kappa shape index (κ1) is 16.3. The average molecular weight is 317 g/mol. The lowest BCUT2D eigenvalue weighted by Crippen LogP contribution is -2.46. The number of hydrogen-bond donors (Lipinski definition) is 1. The van der Waals surface area contributed by atoms with E-state index in [1.165, 1.54) is 5.69 Å². The number of carbonyl (C=O) groups excluding carboxylic acids is 1. The van der Waals surface area contributed by atoms with Crippen molar-refractivity contribution in [2.75, 3.05) is 49.5 Å². The summed E-state index contributed by atoms with van der Waals surface area (Å²) in [6.45, 7) is 10.5. The third-order valence-electron chi connectivity index (χ3n) is 4.87. The zero-order chi connectivity index (χ0) is 16.2. The lowest BCUT2D eigenvalue weighted by atomic mass is 10.1. The predicted molar refractivity (Wildman–Crippen MR) is 93.1 cm³/mol. The van der Waals surface area contributed by atoms with Crippen LogP contribution in [0.5, 0.6) is 0 Å². The molecule has 1 aromatic carbocycles. The van der Waals surface area contributed by atoms with Gasteiger partial charge in [-0.1, -0.05) is 6.92 Å². The molecule has 1 atom stereocenters. The van der Waals surface area contributed by atoms with E-state index in [0.29, 0.717) is 6.61 Å². The van der Waals surface area contributed by atoms with Crippen molar-refractivity contribution in [3.63, 3.8) is 0 Å². The van der Waals surface area contributed by atoms with Gasteiger partial charge in [0, 0.05) is 44.2 Å². The van der Waals surface area contributed by atoms with Crippen LogP contribution in [0.25, 0.3) is 0 Å². The molecular formula is C18H27N3O2. The number of ether oxygens (including phenoxy) is 1. The number of carbonyl (C=O) groups is 1. The molecule has 5 nitrogen and oxygen atoms in total. The van der Waals surface area contributed by atoms with Gasteiger partial charge in [0.2, 0.25) is 0 Å². The molecule has 0 bridgehead atoms. The van der Waals surface area contributed by atoms with Crippen molar-refractivity contribution in [3.8, 4) is 0 Å². The summed E-state index contributed by atoms with van der Waals surface area (Å²) in [6, 6.07) is 6.30. The normalized spacial score (nSPS) is 22.3. The molecule has 2 aliphatic rings. The van der Waals surface area contributed by atoms with Gasteiger partial charge >= 0.3 is 0 Å². The van der Waals surface area contributed by atoms with Crippen molar-refractivity contribution >= 4 is 17.3 Å². The molecule has 1 amide bonds. The minimum Gasteiger partial charge on any atom is -0.369 e. The maximum absolute atomic E-state index is 12.2. The highest BCUT2D eigenvalue weighted by molar-refractivity contribution is 5.95. The lowest BCUT2D eigenvalue weighted by Gasteiger charge is -2.35. The zero-order valence-corrected chi connectivity index (χ0v) is 14.2. The second kappa shape index (κ2) is 7.32. The van der Waals surface area contributed by atoms with Crippen molar-refractivity contribution in [1.82, 2.24) is 4.90 Å². The van der Waals surface area contributed by atoms with Crippen LogP contribution in [0.2, 0.25) is 0 Å². The summed E-state index contributed by atoms with van der Waals surface area (Å²) in [6.07, 6.45) is 1.51. The van der Waals surface area contributed by atoms with Gasteiger partial charge in [-0.2, -0.15) is 0 Å². The number of rotatable bonds is 4. The number of nitrogens with zero attached hydrogens (tertiary/aromatic N) is 2. The second-order valence-electron chi connectivity index (χ2n) is 6.41. The summed E-state index contributed by atoms with van der Waals surface area (Å²) < 4.78 is 5.44. The zero-order valence-electron chi connectivity index (χ0n) is 14.2. The van der Waals surface area contributed by atoms with Crippen LogP contribution in [-0.4, -0.2) is 56.2 Å². The average Bonchev–Trinajstić information content (AvgIpc) is 3.11.